The maximum Gasteiger partial charge on any atom is 0.260 e. The van der Waals surface area contributed by atoms with Gasteiger partial charge in [-0.2, -0.15) is 4.98 Å². The molecule has 1 saturated heterocycles. The summed E-state index contributed by atoms with van der Waals surface area (Å²) < 4.78 is 28.2. The Labute approximate surface area is 259 Å². The molecule has 0 unspecified atom stereocenters. The van der Waals surface area contributed by atoms with Crippen LogP contribution in [0.2, 0.25) is 0 Å². The van der Waals surface area contributed by atoms with Gasteiger partial charge in [-0.1, -0.05) is 24.3 Å². The molecule has 2 aliphatic rings. The van der Waals surface area contributed by atoms with E-state index in [1.165, 1.54) is 18.4 Å². The molecular formula is C34H42N6O3S. The fourth-order valence-corrected chi connectivity index (χ4v) is 7.79. The maximum absolute atomic E-state index is 14.1. The number of rotatable bonds is 10. The van der Waals surface area contributed by atoms with Crippen LogP contribution in [-0.2, 0) is 16.4 Å². The van der Waals surface area contributed by atoms with Gasteiger partial charge in [0.05, 0.1) is 10.6 Å². The van der Waals surface area contributed by atoms with Gasteiger partial charge in [0.25, 0.3) is 5.56 Å². The first-order chi connectivity index (χ1) is 21.1. The van der Waals surface area contributed by atoms with E-state index in [-0.39, 0.29) is 16.2 Å². The van der Waals surface area contributed by atoms with Gasteiger partial charge in [0.2, 0.25) is 5.95 Å². The average Bonchev–Trinajstić information content (AvgIpc) is 3.83. The molecule has 1 saturated carbocycles. The van der Waals surface area contributed by atoms with E-state index in [9.17, 15) is 13.2 Å². The molecule has 44 heavy (non-hydrogen) atoms. The molecule has 0 amide bonds. The summed E-state index contributed by atoms with van der Waals surface area (Å²) >= 11 is 0. The SMILES string of the molecule is Cc1c(-c2cc3cnc(Nc4ccc(C5CCN(C)CC5)cc4)nc3n(CC3CC3)c2=O)cccc1S(=O)(=O)CCN(C)C. The summed E-state index contributed by atoms with van der Waals surface area (Å²) in [5.74, 6) is 1.47. The number of fused-ring (bicyclic) bond motifs is 1. The highest BCUT2D eigenvalue weighted by Gasteiger charge is 2.26. The molecule has 3 heterocycles. The van der Waals surface area contributed by atoms with Gasteiger partial charge in [0, 0.05) is 35.9 Å². The lowest BCUT2D eigenvalue weighted by molar-refractivity contribution is 0.255. The molecule has 6 rings (SSSR count). The molecule has 10 heteroatoms. The first-order valence-corrected chi connectivity index (χ1v) is 17.2. The van der Waals surface area contributed by atoms with Crippen LogP contribution in [0.1, 0.15) is 42.7 Å². The van der Waals surface area contributed by atoms with Crippen LogP contribution < -0.4 is 10.9 Å². The zero-order valence-electron chi connectivity index (χ0n) is 26.1. The summed E-state index contributed by atoms with van der Waals surface area (Å²) in [5, 5.41) is 4.07. The number of anilines is 2. The number of likely N-dealkylation sites (tertiary alicyclic amines) is 1. The first-order valence-electron chi connectivity index (χ1n) is 15.5. The van der Waals surface area contributed by atoms with E-state index < -0.39 is 9.84 Å². The van der Waals surface area contributed by atoms with Crippen LogP contribution in [0.3, 0.4) is 0 Å². The van der Waals surface area contributed by atoms with Crippen molar-refractivity contribution in [2.24, 2.45) is 5.92 Å². The Balaban J connectivity index is 1.33. The Kier molecular flexibility index (Phi) is 8.59. The summed E-state index contributed by atoms with van der Waals surface area (Å²) in [5.41, 5.74) is 4.35. The van der Waals surface area contributed by atoms with Gasteiger partial charge in [0.15, 0.2) is 9.84 Å². The molecule has 2 aromatic heterocycles. The van der Waals surface area contributed by atoms with E-state index in [2.05, 4.69) is 46.5 Å². The molecule has 1 aliphatic heterocycles. The Morgan fingerprint density at radius 1 is 1.00 bits per heavy atom. The van der Waals surface area contributed by atoms with Gasteiger partial charge < -0.3 is 15.1 Å². The number of sulfone groups is 1. The molecule has 1 aliphatic carbocycles. The average molecular weight is 615 g/mol. The van der Waals surface area contributed by atoms with Crippen LogP contribution in [0.25, 0.3) is 22.2 Å². The van der Waals surface area contributed by atoms with E-state index >= 15 is 0 Å². The Hall–Kier alpha value is -3.60. The van der Waals surface area contributed by atoms with Crippen molar-refractivity contribution in [3.8, 4) is 11.1 Å². The fourth-order valence-electron chi connectivity index (χ4n) is 6.11. The van der Waals surface area contributed by atoms with Crippen LogP contribution in [-0.4, -0.2) is 79.3 Å². The second-order valence-corrected chi connectivity index (χ2v) is 14.8. The quantitative estimate of drug-likeness (QED) is 0.265. The van der Waals surface area contributed by atoms with Crippen LogP contribution in [0.5, 0.6) is 0 Å². The van der Waals surface area contributed by atoms with Gasteiger partial charge in [-0.25, -0.2) is 13.4 Å². The highest BCUT2D eigenvalue weighted by atomic mass is 32.2. The number of piperidine rings is 1. The smallest absolute Gasteiger partial charge is 0.260 e. The lowest BCUT2D eigenvalue weighted by atomic mass is 9.89. The lowest BCUT2D eigenvalue weighted by Gasteiger charge is -2.29. The second kappa shape index (κ2) is 12.4. The molecule has 2 fully saturated rings. The number of benzene rings is 2. The third-order valence-corrected chi connectivity index (χ3v) is 10.9. The molecule has 1 N–H and O–H groups in total. The van der Waals surface area contributed by atoms with Gasteiger partial charge in [-0.05, 0) is 120 Å². The van der Waals surface area contributed by atoms with Crippen molar-refractivity contribution in [2.45, 2.75) is 50.0 Å². The van der Waals surface area contributed by atoms with Crippen molar-refractivity contribution >= 4 is 32.5 Å². The molecule has 4 aromatic rings. The van der Waals surface area contributed by atoms with E-state index in [1.807, 2.05) is 25.1 Å². The van der Waals surface area contributed by atoms with Crippen LogP contribution in [0.15, 0.2) is 64.4 Å². The number of nitrogens with one attached hydrogen (secondary N) is 1. The Morgan fingerprint density at radius 2 is 1.73 bits per heavy atom. The van der Waals surface area contributed by atoms with Crippen molar-refractivity contribution in [1.29, 1.82) is 0 Å². The van der Waals surface area contributed by atoms with Crippen molar-refractivity contribution in [2.75, 3.05) is 51.8 Å². The third-order valence-electron chi connectivity index (χ3n) is 9.04. The van der Waals surface area contributed by atoms with E-state index in [0.717, 1.165) is 37.0 Å². The predicted octanol–water partition coefficient (Wildman–Crippen LogP) is 5.07. The molecule has 232 valence electrons. The summed E-state index contributed by atoms with van der Waals surface area (Å²) in [6.07, 6.45) is 6.26. The highest BCUT2D eigenvalue weighted by molar-refractivity contribution is 7.91. The molecule has 2 aromatic carbocycles. The van der Waals surface area contributed by atoms with Crippen LogP contribution in [0.4, 0.5) is 11.6 Å². The number of nitrogens with zero attached hydrogens (tertiary/aromatic N) is 5. The molecular weight excluding hydrogens is 572 g/mol. The molecule has 0 bridgehead atoms. The number of pyridine rings is 1. The van der Waals surface area contributed by atoms with E-state index in [0.29, 0.717) is 53.2 Å². The summed E-state index contributed by atoms with van der Waals surface area (Å²) in [6, 6.07) is 15.5. The fraction of sp³-hybridized carbons (Fsp3) is 0.441. The zero-order chi connectivity index (χ0) is 31.0. The number of aromatic nitrogens is 3. The summed E-state index contributed by atoms with van der Waals surface area (Å²) in [4.78, 5) is 28.0. The summed E-state index contributed by atoms with van der Waals surface area (Å²) in [7, 11) is 2.36. The topological polar surface area (TPSA) is 100 Å². The van der Waals surface area contributed by atoms with Crippen molar-refractivity contribution in [1.82, 2.24) is 24.3 Å². The third kappa shape index (κ3) is 6.57. The minimum absolute atomic E-state index is 0.0123. The van der Waals surface area contributed by atoms with E-state index in [4.69, 9.17) is 4.98 Å². The van der Waals surface area contributed by atoms with E-state index in [1.54, 1.807) is 35.9 Å². The van der Waals surface area contributed by atoms with Gasteiger partial charge >= 0.3 is 0 Å². The molecule has 0 atom stereocenters. The maximum atomic E-state index is 14.1. The summed E-state index contributed by atoms with van der Waals surface area (Å²) in [6.45, 7) is 5.03. The largest absolute Gasteiger partial charge is 0.324 e. The second-order valence-electron chi connectivity index (χ2n) is 12.8. The van der Waals surface area contributed by atoms with Crippen LogP contribution >= 0.6 is 0 Å². The number of hydrogen-bond donors (Lipinski definition) is 1. The normalized spacial score (nSPS) is 16.6. The monoisotopic (exact) mass is 614 g/mol. The van der Waals surface area contributed by atoms with Crippen molar-refractivity contribution in [3.05, 3.63) is 76.2 Å². The van der Waals surface area contributed by atoms with Gasteiger partial charge in [-0.3, -0.25) is 9.36 Å². The Bertz CT molecular complexity index is 1820. The van der Waals surface area contributed by atoms with Crippen LogP contribution in [0, 0.1) is 12.8 Å². The van der Waals surface area contributed by atoms with Gasteiger partial charge in [0.1, 0.15) is 5.65 Å². The lowest BCUT2D eigenvalue weighted by Crippen LogP contribution is -2.29. The molecule has 0 radical (unpaired) electrons. The van der Waals surface area contributed by atoms with Gasteiger partial charge in [-0.15, -0.1) is 0 Å². The first kappa shape index (κ1) is 30.4. The molecule has 9 nitrogen and oxygen atoms in total. The van der Waals surface area contributed by atoms with Crippen molar-refractivity contribution in [3.63, 3.8) is 0 Å². The molecule has 0 spiro atoms. The number of hydrogen-bond acceptors (Lipinski definition) is 8. The predicted molar refractivity (Wildman–Crippen MR) is 176 cm³/mol. The minimum Gasteiger partial charge on any atom is -0.324 e. The highest BCUT2D eigenvalue weighted by Crippen LogP contribution is 2.33. The standard InChI is InChI=1S/C34H42N6O3S/c1-23-29(6-5-7-31(23)44(42,43)19-18-38(2)3)30-20-27-21-35-34(37-32(27)40(33(30)41)22-24-8-9-24)36-28-12-10-25(11-13-28)26-14-16-39(4)17-15-26/h5-7,10-13,20-21,24,26H,8-9,14-19,22H2,1-4H3,(H,35,36,37). The minimum atomic E-state index is -3.52. The van der Waals surface area contributed by atoms with Crippen molar-refractivity contribution < 1.29 is 8.42 Å². The Morgan fingerprint density at radius 3 is 2.41 bits per heavy atom. The zero-order valence-corrected chi connectivity index (χ0v) is 26.9.